The lowest BCUT2D eigenvalue weighted by atomic mass is 10.3. The zero-order valence-corrected chi connectivity index (χ0v) is 9.79. The van der Waals surface area contributed by atoms with Crippen molar-refractivity contribution in [3.05, 3.63) is 28.7 Å². The van der Waals surface area contributed by atoms with Crippen LogP contribution in [0.3, 0.4) is 0 Å². The molecule has 5 heteroatoms. The number of amides is 1. The molecule has 1 aromatic rings. The molecule has 0 aliphatic carbocycles. The smallest absolute Gasteiger partial charge is 0.257 e. The highest BCUT2D eigenvalue weighted by Crippen LogP contribution is 2.15. The number of carbonyl (C=O) groups excluding carboxylic acids is 1. The molecule has 82 valence electrons. The van der Waals surface area contributed by atoms with Gasteiger partial charge in [0.15, 0.2) is 6.61 Å². The van der Waals surface area contributed by atoms with Crippen LogP contribution in [0.15, 0.2) is 28.7 Å². The lowest BCUT2D eigenvalue weighted by Crippen LogP contribution is -2.32. The number of nitrogens with one attached hydrogen (secondary N) is 1. The van der Waals surface area contributed by atoms with Crippen LogP contribution in [0.4, 0.5) is 0 Å². The topological polar surface area (TPSA) is 64.3 Å². The van der Waals surface area contributed by atoms with E-state index in [1.807, 2.05) is 12.1 Å². The van der Waals surface area contributed by atoms with E-state index in [0.717, 1.165) is 4.47 Å². The monoisotopic (exact) mass is 272 g/mol. The number of ether oxygens (including phenoxy) is 1. The molecule has 1 aromatic carbocycles. The third kappa shape index (κ3) is 4.80. The quantitative estimate of drug-likeness (QED) is 0.837. The highest BCUT2D eigenvalue weighted by molar-refractivity contribution is 9.10. The lowest BCUT2D eigenvalue weighted by Gasteiger charge is -2.06. The molecule has 1 amide bonds. The number of nitrogens with two attached hydrogens (primary N) is 1. The van der Waals surface area contributed by atoms with Crippen molar-refractivity contribution in [1.29, 1.82) is 0 Å². The summed E-state index contributed by atoms with van der Waals surface area (Å²) in [5.41, 5.74) is 5.24. The number of hydrogen-bond donors (Lipinski definition) is 2. The normalized spacial score (nSPS) is 9.73. The Balaban J connectivity index is 2.30. The summed E-state index contributed by atoms with van der Waals surface area (Å²) in [6.45, 7) is 0.925. The minimum atomic E-state index is -0.164. The first kappa shape index (κ1) is 12.0. The first-order valence-electron chi connectivity index (χ1n) is 4.57. The highest BCUT2D eigenvalue weighted by atomic mass is 79.9. The van der Waals surface area contributed by atoms with Gasteiger partial charge in [-0.25, -0.2) is 0 Å². The maximum absolute atomic E-state index is 11.1. The highest BCUT2D eigenvalue weighted by Gasteiger charge is 2.00. The summed E-state index contributed by atoms with van der Waals surface area (Å²) in [6, 6.07) is 7.29. The van der Waals surface area contributed by atoms with Gasteiger partial charge in [-0.15, -0.1) is 0 Å². The molecule has 0 radical (unpaired) electrons. The van der Waals surface area contributed by atoms with E-state index in [0.29, 0.717) is 18.8 Å². The second-order valence-corrected chi connectivity index (χ2v) is 3.80. The van der Waals surface area contributed by atoms with Gasteiger partial charge >= 0.3 is 0 Å². The molecule has 0 bridgehead atoms. The summed E-state index contributed by atoms with van der Waals surface area (Å²) in [6.07, 6.45) is 0. The van der Waals surface area contributed by atoms with Crippen LogP contribution in [0.5, 0.6) is 5.75 Å². The van der Waals surface area contributed by atoms with E-state index in [9.17, 15) is 4.79 Å². The van der Waals surface area contributed by atoms with Crippen LogP contribution in [0.1, 0.15) is 0 Å². The van der Waals surface area contributed by atoms with Gasteiger partial charge in [0.2, 0.25) is 0 Å². The first-order chi connectivity index (χ1) is 7.22. The van der Waals surface area contributed by atoms with Crippen molar-refractivity contribution in [2.45, 2.75) is 0 Å². The fourth-order valence-electron chi connectivity index (χ4n) is 0.942. The Morgan fingerprint density at radius 1 is 1.40 bits per heavy atom. The molecule has 0 heterocycles. The Morgan fingerprint density at radius 3 is 2.67 bits per heavy atom. The fraction of sp³-hybridized carbons (Fsp3) is 0.300. The van der Waals surface area contributed by atoms with Crippen molar-refractivity contribution in [1.82, 2.24) is 5.32 Å². The van der Waals surface area contributed by atoms with E-state index in [1.54, 1.807) is 12.1 Å². The largest absolute Gasteiger partial charge is 0.484 e. The van der Waals surface area contributed by atoms with Gasteiger partial charge in [0, 0.05) is 17.6 Å². The minimum Gasteiger partial charge on any atom is -0.484 e. The van der Waals surface area contributed by atoms with Gasteiger partial charge in [0.05, 0.1) is 0 Å². The van der Waals surface area contributed by atoms with Crippen LogP contribution in [-0.2, 0) is 4.79 Å². The average molecular weight is 273 g/mol. The van der Waals surface area contributed by atoms with E-state index in [4.69, 9.17) is 10.5 Å². The number of benzene rings is 1. The van der Waals surface area contributed by atoms with Gasteiger partial charge < -0.3 is 15.8 Å². The molecular formula is C10H13BrN2O2. The Hall–Kier alpha value is -1.07. The Bertz CT molecular complexity index is 314. The van der Waals surface area contributed by atoms with Crippen molar-refractivity contribution in [2.75, 3.05) is 19.7 Å². The summed E-state index contributed by atoms with van der Waals surface area (Å²) >= 11 is 3.31. The fourth-order valence-corrected chi connectivity index (χ4v) is 1.21. The molecule has 15 heavy (non-hydrogen) atoms. The minimum absolute atomic E-state index is 0.0155. The van der Waals surface area contributed by atoms with E-state index in [-0.39, 0.29) is 12.5 Å². The van der Waals surface area contributed by atoms with Gasteiger partial charge in [-0.05, 0) is 24.3 Å². The van der Waals surface area contributed by atoms with Gasteiger partial charge in [0.1, 0.15) is 5.75 Å². The zero-order chi connectivity index (χ0) is 11.1. The third-order valence-electron chi connectivity index (χ3n) is 1.65. The van der Waals surface area contributed by atoms with Crippen molar-refractivity contribution in [3.8, 4) is 5.75 Å². The van der Waals surface area contributed by atoms with Crippen molar-refractivity contribution in [2.24, 2.45) is 5.73 Å². The Kier molecular flexibility index (Phi) is 5.14. The van der Waals surface area contributed by atoms with E-state index >= 15 is 0 Å². The summed E-state index contributed by atoms with van der Waals surface area (Å²) in [7, 11) is 0. The van der Waals surface area contributed by atoms with Crippen LogP contribution in [0.2, 0.25) is 0 Å². The molecule has 0 saturated carbocycles. The van der Waals surface area contributed by atoms with Crippen molar-refractivity contribution >= 4 is 21.8 Å². The number of carbonyl (C=O) groups is 1. The van der Waals surface area contributed by atoms with Crippen molar-refractivity contribution < 1.29 is 9.53 Å². The Labute approximate surface area is 96.9 Å². The van der Waals surface area contributed by atoms with E-state index in [1.165, 1.54) is 0 Å². The van der Waals surface area contributed by atoms with Gasteiger partial charge in [-0.2, -0.15) is 0 Å². The zero-order valence-electron chi connectivity index (χ0n) is 8.20. The SMILES string of the molecule is NCCNC(=O)COc1ccc(Br)cc1. The van der Waals surface area contributed by atoms with Crippen LogP contribution >= 0.6 is 15.9 Å². The van der Waals surface area contributed by atoms with Gasteiger partial charge in [-0.3, -0.25) is 4.79 Å². The molecule has 4 nitrogen and oxygen atoms in total. The lowest BCUT2D eigenvalue weighted by molar-refractivity contribution is -0.123. The van der Waals surface area contributed by atoms with Crippen LogP contribution in [-0.4, -0.2) is 25.6 Å². The van der Waals surface area contributed by atoms with Gasteiger partial charge in [0.25, 0.3) is 5.91 Å². The number of rotatable bonds is 5. The molecule has 3 N–H and O–H groups in total. The molecule has 0 aromatic heterocycles. The molecule has 0 fully saturated rings. The summed E-state index contributed by atoms with van der Waals surface area (Å²) in [4.78, 5) is 11.1. The maximum atomic E-state index is 11.1. The summed E-state index contributed by atoms with van der Waals surface area (Å²) in [5.74, 6) is 0.504. The van der Waals surface area contributed by atoms with Crippen LogP contribution in [0, 0.1) is 0 Å². The number of halogens is 1. The maximum Gasteiger partial charge on any atom is 0.257 e. The second-order valence-electron chi connectivity index (χ2n) is 2.88. The third-order valence-corrected chi connectivity index (χ3v) is 2.18. The molecule has 0 unspecified atom stereocenters. The predicted molar refractivity (Wildman–Crippen MR) is 61.7 cm³/mol. The second kappa shape index (κ2) is 6.42. The van der Waals surface area contributed by atoms with Crippen LogP contribution in [0.25, 0.3) is 0 Å². The molecule has 0 aliphatic heterocycles. The Morgan fingerprint density at radius 2 is 2.07 bits per heavy atom. The molecule has 0 spiro atoms. The number of hydrogen-bond acceptors (Lipinski definition) is 3. The van der Waals surface area contributed by atoms with Gasteiger partial charge in [-0.1, -0.05) is 15.9 Å². The molecule has 0 saturated heterocycles. The van der Waals surface area contributed by atoms with Crippen molar-refractivity contribution in [3.63, 3.8) is 0 Å². The van der Waals surface area contributed by atoms with E-state index < -0.39 is 0 Å². The van der Waals surface area contributed by atoms with E-state index in [2.05, 4.69) is 21.2 Å². The molecule has 0 atom stereocenters. The summed E-state index contributed by atoms with van der Waals surface area (Å²) < 4.78 is 6.22. The standard InChI is InChI=1S/C10H13BrN2O2/c11-8-1-3-9(4-2-8)15-7-10(14)13-6-5-12/h1-4H,5-7,12H2,(H,13,14). The first-order valence-corrected chi connectivity index (χ1v) is 5.37. The summed E-state index contributed by atoms with van der Waals surface area (Å²) in [5, 5.41) is 2.62. The average Bonchev–Trinajstić information content (AvgIpc) is 2.25. The molecule has 0 aliphatic rings. The van der Waals surface area contributed by atoms with Crippen LogP contribution < -0.4 is 15.8 Å². The molecule has 1 rings (SSSR count). The molecular weight excluding hydrogens is 260 g/mol. The predicted octanol–water partition coefficient (Wildman–Crippen LogP) is 0.903.